The Kier molecular flexibility index (Phi) is 3.32. The van der Waals surface area contributed by atoms with Crippen LogP contribution in [-0.2, 0) is 6.54 Å². The summed E-state index contributed by atoms with van der Waals surface area (Å²) in [7, 11) is 3.28. The first-order valence-corrected chi connectivity index (χ1v) is 5.43. The third kappa shape index (κ3) is 2.41. The third-order valence-electron chi connectivity index (χ3n) is 2.72. The molecule has 0 N–H and O–H groups in total. The minimum absolute atomic E-state index is 0.749. The summed E-state index contributed by atoms with van der Waals surface area (Å²) >= 11 is 0. The maximum absolute atomic E-state index is 5.28. The van der Waals surface area contributed by atoms with Crippen LogP contribution in [0, 0.1) is 6.92 Å². The lowest BCUT2D eigenvalue weighted by Crippen LogP contribution is -2.01. The summed E-state index contributed by atoms with van der Waals surface area (Å²) < 4.78 is 12.6. The van der Waals surface area contributed by atoms with Gasteiger partial charge in [-0.15, -0.1) is 0 Å². The fourth-order valence-corrected chi connectivity index (χ4v) is 1.75. The van der Waals surface area contributed by atoms with Gasteiger partial charge in [0, 0.05) is 18.9 Å². The number of hydrogen-bond donors (Lipinski definition) is 0. The second-order valence-corrected chi connectivity index (χ2v) is 3.79. The Labute approximate surface area is 101 Å². The highest BCUT2D eigenvalue weighted by Crippen LogP contribution is 2.27. The molecular weight excluding hydrogens is 216 g/mol. The van der Waals surface area contributed by atoms with Crippen LogP contribution in [0.4, 0.5) is 0 Å². The molecule has 2 rings (SSSR count). The maximum Gasteiger partial charge on any atom is 0.161 e. The lowest BCUT2D eigenvalue weighted by molar-refractivity contribution is 0.354. The van der Waals surface area contributed by atoms with Crippen LogP contribution in [0.1, 0.15) is 11.4 Å². The topological polar surface area (TPSA) is 36.3 Å². The minimum Gasteiger partial charge on any atom is -0.493 e. The van der Waals surface area contributed by atoms with Gasteiger partial charge in [0.1, 0.15) is 5.82 Å². The fraction of sp³-hybridized carbons (Fsp3) is 0.308. The van der Waals surface area contributed by atoms with Gasteiger partial charge in [-0.1, -0.05) is 6.07 Å². The molecular formula is C13H16N2O2. The first kappa shape index (κ1) is 11.5. The molecule has 0 fully saturated rings. The van der Waals surface area contributed by atoms with E-state index >= 15 is 0 Å². The zero-order valence-electron chi connectivity index (χ0n) is 10.3. The number of methoxy groups -OCH3 is 2. The summed E-state index contributed by atoms with van der Waals surface area (Å²) in [5.74, 6) is 2.50. The second-order valence-electron chi connectivity index (χ2n) is 3.79. The Balaban J connectivity index is 2.25. The van der Waals surface area contributed by atoms with Crippen molar-refractivity contribution in [2.45, 2.75) is 13.5 Å². The van der Waals surface area contributed by atoms with Gasteiger partial charge in [0.15, 0.2) is 11.5 Å². The van der Waals surface area contributed by atoms with E-state index in [-0.39, 0.29) is 0 Å². The van der Waals surface area contributed by atoms with Crippen LogP contribution < -0.4 is 9.47 Å². The molecule has 2 aromatic rings. The van der Waals surface area contributed by atoms with E-state index in [1.807, 2.05) is 31.3 Å². The van der Waals surface area contributed by atoms with Gasteiger partial charge in [0.2, 0.25) is 0 Å². The van der Waals surface area contributed by atoms with Crippen molar-refractivity contribution in [1.29, 1.82) is 0 Å². The predicted octanol–water partition coefficient (Wildman–Crippen LogP) is 2.26. The highest BCUT2D eigenvalue weighted by molar-refractivity contribution is 5.42. The number of imidazole rings is 1. The average molecular weight is 232 g/mol. The molecule has 0 radical (unpaired) electrons. The van der Waals surface area contributed by atoms with Gasteiger partial charge in [-0.25, -0.2) is 4.98 Å². The molecule has 1 aromatic carbocycles. The highest BCUT2D eigenvalue weighted by Gasteiger charge is 2.05. The van der Waals surface area contributed by atoms with Gasteiger partial charge in [-0.05, 0) is 24.6 Å². The van der Waals surface area contributed by atoms with Crippen LogP contribution in [0.15, 0.2) is 30.6 Å². The summed E-state index contributed by atoms with van der Waals surface area (Å²) in [4.78, 5) is 4.20. The summed E-state index contributed by atoms with van der Waals surface area (Å²) in [6.07, 6.45) is 3.77. The Hall–Kier alpha value is -1.97. The van der Waals surface area contributed by atoms with Crippen molar-refractivity contribution in [3.63, 3.8) is 0 Å². The van der Waals surface area contributed by atoms with Crippen molar-refractivity contribution < 1.29 is 9.47 Å². The standard InChI is InChI=1S/C13H16N2O2/c1-10-14-6-7-15(10)9-11-4-5-12(16-2)13(8-11)17-3/h4-8H,9H2,1-3H3. The quantitative estimate of drug-likeness (QED) is 0.811. The van der Waals surface area contributed by atoms with Crippen molar-refractivity contribution in [2.75, 3.05) is 14.2 Å². The number of aryl methyl sites for hydroxylation is 1. The van der Waals surface area contributed by atoms with Crippen molar-refractivity contribution in [3.8, 4) is 11.5 Å². The van der Waals surface area contributed by atoms with E-state index in [4.69, 9.17) is 9.47 Å². The largest absolute Gasteiger partial charge is 0.493 e. The first-order chi connectivity index (χ1) is 8.24. The van der Waals surface area contributed by atoms with Gasteiger partial charge < -0.3 is 14.0 Å². The van der Waals surface area contributed by atoms with E-state index in [1.165, 1.54) is 0 Å². The van der Waals surface area contributed by atoms with Gasteiger partial charge >= 0.3 is 0 Å². The minimum atomic E-state index is 0.749. The van der Waals surface area contributed by atoms with Crippen molar-refractivity contribution in [1.82, 2.24) is 9.55 Å². The lowest BCUT2D eigenvalue weighted by atomic mass is 10.2. The third-order valence-corrected chi connectivity index (χ3v) is 2.72. The summed E-state index contributed by atoms with van der Waals surface area (Å²) in [5.41, 5.74) is 1.16. The summed E-state index contributed by atoms with van der Waals surface area (Å²) in [6, 6.07) is 5.93. The van der Waals surface area contributed by atoms with Gasteiger partial charge in [0.25, 0.3) is 0 Å². The van der Waals surface area contributed by atoms with Crippen LogP contribution >= 0.6 is 0 Å². The number of aromatic nitrogens is 2. The Bertz CT molecular complexity index is 506. The molecule has 0 saturated heterocycles. The molecule has 1 aromatic heterocycles. The normalized spacial score (nSPS) is 10.3. The molecule has 4 heteroatoms. The number of rotatable bonds is 4. The maximum atomic E-state index is 5.28. The Morgan fingerprint density at radius 3 is 2.53 bits per heavy atom. The van der Waals surface area contributed by atoms with Crippen LogP contribution in [0.25, 0.3) is 0 Å². The van der Waals surface area contributed by atoms with E-state index in [0.717, 1.165) is 29.4 Å². The van der Waals surface area contributed by atoms with Crippen LogP contribution in [0.3, 0.4) is 0 Å². The number of benzene rings is 1. The van der Waals surface area contributed by atoms with Crippen molar-refractivity contribution in [2.24, 2.45) is 0 Å². The highest BCUT2D eigenvalue weighted by atomic mass is 16.5. The zero-order valence-corrected chi connectivity index (χ0v) is 10.3. The monoisotopic (exact) mass is 232 g/mol. The van der Waals surface area contributed by atoms with Gasteiger partial charge in [-0.3, -0.25) is 0 Å². The molecule has 1 heterocycles. The number of ether oxygens (including phenoxy) is 2. The molecule has 17 heavy (non-hydrogen) atoms. The van der Waals surface area contributed by atoms with Crippen molar-refractivity contribution >= 4 is 0 Å². The molecule has 0 amide bonds. The van der Waals surface area contributed by atoms with Crippen LogP contribution in [-0.4, -0.2) is 23.8 Å². The summed E-state index contributed by atoms with van der Waals surface area (Å²) in [5, 5.41) is 0. The summed E-state index contributed by atoms with van der Waals surface area (Å²) in [6.45, 7) is 2.77. The zero-order chi connectivity index (χ0) is 12.3. The predicted molar refractivity (Wildman–Crippen MR) is 65.6 cm³/mol. The lowest BCUT2D eigenvalue weighted by Gasteiger charge is -2.10. The first-order valence-electron chi connectivity index (χ1n) is 5.43. The molecule has 0 spiro atoms. The molecule has 4 nitrogen and oxygen atoms in total. The van der Waals surface area contributed by atoms with E-state index in [2.05, 4.69) is 9.55 Å². The molecule has 0 aliphatic heterocycles. The van der Waals surface area contributed by atoms with Crippen molar-refractivity contribution in [3.05, 3.63) is 42.0 Å². The van der Waals surface area contributed by atoms with Crippen LogP contribution in [0.5, 0.6) is 11.5 Å². The SMILES string of the molecule is COc1ccc(Cn2ccnc2C)cc1OC. The van der Waals surface area contributed by atoms with E-state index in [9.17, 15) is 0 Å². The molecule has 0 aliphatic carbocycles. The second kappa shape index (κ2) is 4.91. The Morgan fingerprint density at radius 1 is 1.18 bits per heavy atom. The molecule has 0 atom stereocenters. The molecule has 0 saturated carbocycles. The van der Waals surface area contributed by atoms with E-state index in [1.54, 1.807) is 20.4 Å². The number of hydrogen-bond acceptors (Lipinski definition) is 3. The smallest absolute Gasteiger partial charge is 0.161 e. The van der Waals surface area contributed by atoms with Crippen LogP contribution in [0.2, 0.25) is 0 Å². The molecule has 0 aliphatic rings. The fourth-order valence-electron chi connectivity index (χ4n) is 1.75. The van der Waals surface area contributed by atoms with Gasteiger partial charge in [0.05, 0.1) is 14.2 Å². The number of nitrogens with zero attached hydrogens (tertiary/aromatic N) is 2. The molecule has 90 valence electrons. The average Bonchev–Trinajstić information content (AvgIpc) is 2.75. The van der Waals surface area contributed by atoms with E-state index < -0.39 is 0 Å². The van der Waals surface area contributed by atoms with Gasteiger partial charge in [-0.2, -0.15) is 0 Å². The van der Waals surface area contributed by atoms with E-state index in [0.29, 0.717) is 0 Å². The Morgan fingerprint density at radius 2 is 1.94 bits per heavy atom. The molecule has 0 bridgehead atoms. The molecule has 0 unspecified atom stereocenters.